The minimum absolute atomic E-state index is 0. The summed E-state index contributed by atoms with van der Waals surface area (Å²) in [6, 6.07) is 0. The zero-order valence-corrected chi connectivity index (χ0v) is 17.9. The van der Waals surface area contributed by atoms with Crippen LogP contribution < -0.4 is 0 Å². The third-order valence-corrected chi connectivity index (χ3v) is 4.62. The monoisotopic (exact) mass is 416 g/mol. The van der Waals surface area contributed by atoms with Crippen LogP contribution in [-0.2, 0) is 35.7 Å². The van der Waals surface area contributed by atoms with Gasteiger partial charge in [0.15, 0.2) is 5.79 Å². The Bertz CT molecular complexity index is 301. The molecule has 1 saturated heterocycles. The quantitative estimate of drug-likeness (QED) is 0.541. The minimum atomic E-state index is -0.402. The Morgan fingerprint density at radius 1 is 0.680 bits per heavy atom. The Morgan fingerprint density at radius 2 is 0.960 bits per heavy atom. The molecule has 132 valence electrons. The van der Waals surface area contributed by atoms with E-state index in [1.807, 2.05) is 78.1 Å². The van der Waals surface area contributed by atoms with E-state index >= 15 is 0 Å². The molecule has 2 atom stereocenters. The van der Waals surface area contributed by atoms with Gasteiger partial charge in [0.25, 0.3) is 0 Å². The number of rotatable bonds is 0. The first kappa shape index (κ1) is 23.8. The molecule has 10 radical (unpaired) electrons. The van der Waals surface area contributed by atoms with Gasteiger partial charge < -0.3 is 23.3 Å². The van der Waals surface area contributed by atoms with Crippen molar-refractivity contribution in [3.05, 3.63) is 78.1 Å². The molecule has 0 unspecified atom stereocenters. The maximum Gasteiger partial charge on any atom is 4.00 e. The first-order valence-electron chi connectivity index (χ1n) is 8.70. The van der Waals surface area contributed by atoms with Crippen LogP contribution in [-0.4, -0.2) is 19.0 Å². The summed E-state index contributed by atoms with van der Waals surface area (Å²) in [5.41, 5.74) is 0.203. The Hall–Kier alpha value is 0.803. The van der Waals surface area contributed by atoms with Crippen molar-refractivity contribution in [1.29, 1.82) is 0 Å². The standard InChI is InChI=1S/C12H20O2.2C5H5.Zr/c1-9-5-12(6-10(9)2)7-13-11(3,4)14-8-12;2*1-2-4-5-3-1;/h9-10H,1-2,5-8H2,3-4H3;2*1-5H;/q-2;;;+4/t9-,10-;;;/m1.../s1. The molecule has 3 heteroatoms. The molecule has 4 fully saturated rings. The van der Waals surface area contributed by atoms with Crippen LogP contribution in [0.2, 0.25) is 0 Å². The van der Waals surface area contributed by atoms with Crippen molar-refractivity contribution < 1.29 is 35.7 Å². The average molecular weight is 418 g/mol. The fourth-order valence-corrected chi connectivity index (χ4v) is 3.14. The van der Waals surface area contributed by atoms with Crippen molar-refractivity contribution in [2.24, 2.45) is 17.3 Å². The third kappa shape index (κ3) is 8.57. The number of ether oxygens (including phenoxy) is 2. The summed E-state index contributed by atoms with van der Waals surface area (Å²) < 4.78 is 11.4. The number of hydrogen-bond acceptors (Lipinski definition) is 2. The molecule has 3 aliphatic carbocycles. The predicted molar refractivity (Wildman–Crippen MR) is 98.3 cm³/mol. The summed E-state index contributed by atoms with van der Waals surface area (Å²) >= 11 is 0. The second-order valence-electron chi connectivity index (χ2n) is 7.33. The second kappa shape index (κ2) is 11.6. The van der Waals surface area contributed by atoms with Gasteiger partial charge in [0, 0.05) is 5.41 Å². The zero-order chi connectivity index (χ0) is 17.5. The van der Waals surface area contributed by atoms with E-state index in [-0.39, 0.29) is 31.6 Å². The van der Waals surface area contributed by atoms with E-state index < -0.39 is 5.79 Å². The van der Waals surface area contributed by atoms with Crippen LogP contribution >= 0.6 is 0 Å². The molecule has 1 spiro atoms. The summed E-state index contributed by atoms with van der Waals surface area (Å²) in [6.45, 7) is 13.8. The molecule has 25 heavy (non-hydrogen) atoms. The van der Waals surface area contributed by atoms with E-state index in [1.54, 1.807) is 0 Å². The van der Waals surface area contributed by atoms with E-state index in [9.17, 15) is 0 Å². The van der Waals surface area contributed by atoms with Crippen LogP contribution in [0.4, 0.5) is 0 Å². The second-order valence-corrected chi connectivity index (χ2v) is 7.33. The minimum Gasteiger partial charge on any atom is -0.350 e. The molecular weight excluding hydrogens is 387 g/mol. The molecule has 1 heterocycles. The van der Waals surface area contributed by atoms with Crippen molar-refractivity contribution in [3.8, 4) is 0 Å². The summed E-state index contributed by atoms with van der Waals surface area (Å²) in [7, 11) is 0. The topological polar surface area (TPSA) is 18.5 Å². The van der Waals surface area contributed by atoms with Crippen LogP contribution in [0, 0.1) is 95.3 Å². The summed E-state index contributed by atoms with van der Waals surface area (Å²) in [5.74, 6) is 0.521. The van der Waals surface area contributed by atoms with Gasteiger partial charge in [-0.25, -0.2) is 0 Å². The summed E-state index contributed by atoms with van der Waals surface area (Å²) in [5, 5.41) is 0. The fraction of sp³-hybridized carbons (Fsp3) is 0.455. The van der Waals surface area contributed by atoms with Crippen LogP contribution in [0.3, 0.4) is 0 Å². The first-order chi connectivity index (χ1) is 11.4. The van der Waals surface area contributed by atoms with E-state index in [0.29, 0.717) is 11.8 Å². The largest absolute Gasteiger partial charge is 4.00 e. The molecule has 0 aromatic rings. The smallest absolute Gasteiger partial charge is 0.350 e. The SMILES string of the molecule is [CH2-][C@@H]1CC2(COC(C)(C)OC2)C[C@H]1[CH2-].[CH]1[CH][CH][CH][CH]1.[CH]1[CH][CH][CH][CH]1.[Zr+4]. The van der Waals surface area contributed by atoms with Crippen LogP contribution in [0.5, 0.6) is 0 Å². The normalized spacial score (nSPS) is 32.2. The maximum atomic E-state index is 5.72. The van der Waals surface area contributed by atoms with Gasteiger partial charge in [0.1, 0.15) is 0 Å². The maximum absolute atomic E-state index is 5.72. The van der Waals surface area contributed by atoms with Gasteiger partial charge in [0.2, 0.25) is 0 Å². The van der Waals surface area contributed by atoms with Gasteiger partial charge in [-0.15, -0.1) is 0 Å². The molecule has 0 N–H and O–H groups in total. The molecule has 0 aromatic heterocycles. The third-order valence-electron chi connectivity index (χ3n) is 4.62. The van der Waals surface area contributed by atoms with Crippen molar-refractivity contribution >= 4 is 0 Å². The van der Waals surface area contributed by atoms with Gasteiger partial charge in [-0.1, -0.05) is 12.8 Å². The van der Waals surface area contributed by atoms with Gasteiger partial charge in [-0.3, -0.25) is 0 Å². The van der Waals surface area contributed by atoms with Crippen molar-refractivity contribution in [2.75, 3.05) is 13.2 Å². The molecule has 0 aromatic carbocycles. The van der Waals surface area contributed by atoms with E-state index in [0.717, 1.165) is 26.1 Å². The molecule has 4 rings (SSSR count). The van der Waals surface area contributed by atoms with E-state index in [1.165, 1.54) is 0 Å². The van der Waals surface area contributed by atoms with Crippen LogP contribution in [0.1, 0.15) is 26.7 Å². The molecule has 0 amide bonds. The zero-order valence-electron chi connectivity index (χ0n) is 15.5. The summed E-state index contributed by atoms with van der Waals surface area (Å²) in [6.07, 6.45) is 22.2. The molecule has 3 saturated carbocycles. The van der Waals surface area contributed by atoms with Crippen molar-refractivity contribution in [2.45, 2.75) is 32.5 Å². The van der Waals surface area contributed by atoms with E-state index in [2.05, 4.69) is 13.8 Å². The van der Waals surface area contributed by atoms with Gasteiger partial charge in [-0.2, -0.15) is 11.8 Å². The van der Waals surface area contributed by atoms with Crippen molar-refractivity contribution in [3.63, 3.8) is 0 Å². The Morgan fingerprint density at radius 3 is 1.24 bits per heavy atom. The Labute approximate surface area is 176 Å². The summed E-state index contributed by atoms with van der Waals surface area (Å²) in [4.78, 5) is 0. The molecular formula is C22H30O2Zr+2. The molecule has 0 bridgehead atoms. The molecule has 2 nitrogen and oxygen atoms in total. The van der Waals surface area contributed by atoms with Crippen LogP contribution in [0.15, 0.2) is 0 Å². The molecule has 1 aliphatic heterocycles. The van der Waals surface area contributed by atoms with Gasteiger partial charge in [-0.05, 0) is 78.1 Å². The van der Waals surface area contributed by atoms with Gasteiger partial charge in [0.05, 0.1) is 13.2 Å². The fourth-order valence-electron chi connectivity index (χ4n) is 3.14. The van der Waals surface area contributed by atoms with Crippen LogP contribution in [0.25, 0.3) is 0 Å². The average Bonchev–Trinajstić information content (AvgIpc) is 3.31. The first-order valence-corrected chi connectivity index (χ1v) is 8.70. The van der Waals surface area contributed by atoms with Crippen molar-refractivity contribution in [1.82, 2.24) is 0 Å². The number of hydrogen-bond donors (Lipinski definition) is 0. The van der Waals surface area contributed by atoms with E-state index in [4.69, 9.17) is 9.47 Å². The van der Waals surface area contributed by atoms with Gasteiger partial charge >= 0.3 is 26.2 Å². The predicted octanol–water partition coefficient (Wildman–Crippen LogP) is 4.49. The Balaban J connectivity index is 0.000000233. The Kier molecular flexibility index (Phi) is 11.1. The molecule has 4 aliphatic rings.